The van der Waals surface area contributed by atoms with Gasteiger partial charge in [-0.05, 0) is 0 Å². The average Bonchev–Trinajstić information content (AvgIpc) is 2.60. The second-order valence-electron chi connectivity index (χ2n) is 5.59. The van der Waals surface area contributed by atoms with Gasteiger partial charge in [-0.1, -0.05) is 0 Å². The molecule has 0 aliphatic rings. The first-order valence-electron chi connectivity index (χ1n) is 7.78. The van der Waals surface area contributed by atoms with Crippen LogP contribution in [0.4, 0.5) is 0 Å². The minimum absolute atomic E-state index is 0.139. The molecule has 0 unspecified atom stereocenters. The molecular formula is C20H20NO2SW-. The summed E-state index contributed by atoms with van der Waals surface area (Å²) < 4.78 is 28.4. The molecule has 2 aromatic rings. The third kappa shape index (κ3) is 6.00. The topological polar surface area (TPSA) is 37.4 Å². The SMILES string of the molecule is [CH-]=C(/C=C\[C](C)=[W])S(=O)(=O)N(Cc1ccccc1)Cc1ccccc1. The summed E-state index contributed by atoms with van der Waals surface area (Å²) in [5, 5.41) is 0. The number of hydrogen-bond donors (Lipinski definition) is 0. The Balaban J connectivity index is 2.32. The first-order valence-corrected chi connectivity index (χ1v) is 10.7. The van der Waals surface area contributed by atoms with Crippen molar-refractivity contribution < 1.29 is 27.8 Å². The van der Waals surface area contributed by atoms with Crippen LogP contribution in [-0.2, 0) is 42.5 Å². The van der Waals surface area contributed by atoms with E-state index in [1.54, 1.807) is 6.08 Å². The Morgan fingerprint density at radius 2 is 1.40 bits per heavy atom. The fourth-order valence-electron chi connectivity index (χ4n) is 2.23. The molecule has 25 heavy (non-hydrogen) atoms. The van der Waals surface area contributed by atoms with Crippen molar-refractivity contribution in [2.75, 3.05) is 0 Å². The molecule has 0 amide bonds. The standard InChI is InChI=1S/C20H20NO2S.W/c1-3-4-11-18(2)24(22,23)21(16-19-12-7-5-8-13-19)17-20-14-9-6-10-15-20;/h2,4-15H,16-17H2,1H3;/q-1;/b11-4-;. The predicted octanol–water partition coefficient (Wildman–Crippen LogP) is 3.63. The molecule has 0 saturated heterocycles. The number of hydrogen-bond acceptors (Lipinski definition) is 2. The van der Waals surface area contributed by atoms with Gasteiger partial charge in [-0.25, -0.2) is 0 Å². The molecule has 0 aromatic heterocycles. The van der Waals surface area contributed by atoms with Gasteiger partial charge in [0.2, 0.25) is 0 Å². The monoisotopic (exact) mass is 522 g/mol. The van der Waals surface area contributed by atoms with Gasteiger partial charge in [0.25, 0.3) is 0 Å². The van der Waals surface area contributed by atoms with E-state index >= 15 is 0 Å². The Morgan fingerprint density at radius 3 is 1.80 bits per heavy atom. The Labute approximate surface area is 161 Å². The summed E-state index contributed by atoms with van der Waals surface area (Å²) in [6.07, 6.45) is 3.21. The Hall–Kier alpha value is -1.61. The van der Waals surface area contributed by atoms with Crippen LogP contribution in [0, 0.1) is 6.58 Å². The van der Waals surface area contributed by atoms with E-state index in [0.29, 0.717) is 0 Å². The van der Waals surface area contributed by atoms with Gasteiger partial charge in [0.1, 0.15) is 0 Å². The average molecular weight is 522 g/mol. The van der Waals surface area contributed by atoms with Crippen molar-refractivity contribution in [2.24, 2.45) is 0 Å². The van der Waals surface area contributed by atoms with Gasteiger partial charge in [-0.15, -0.1) is 0 Å². The normalized spacial score (nSPS) is 11.8. The van der Waals surface area contributed by atoms with Crippen LogP contribution >= 0.6 is 0 Å². The summed E-state index contributed by atoms with van der Waals surface area (Å²) in [5.74, 6) is 0. The quantitative estimate of drug-likeness (QED) is 0.393. The fourth-order valence-corrected chi connectivity index (χ4v) is 3.66. The van der Waals surface area contributed by atoms with Gasteiger partial charge >= 0.3 is 161 Å². The summed E-state index contributed by atoms with van der Waals surface area (Å²) >= 11 is 1.28. The van der Waals surface area contributed by atoms with Gasteiger partial charge in [0, 0.05) is 0 Å². The molecule has 0 aliphatic carbocycles. The van der Waals surface area contributed by atoms with Gasteiger partial charge in [0.15, 0.2) is 0 Å². The number of allylic oxidation sites excluding steroid dienone is 2. The maximum absolute atomic E-state index is 13.0. The molecule has 2 rings (SSSR count). The van der Waals surface area contributed by atoms with Crippen LogP contribution in [0.5, 0.6) is 0 Å². The van der Waals surface area contributed by atoms with Crippen LogP contribution in [0.2, 0.25) is 0 Å². The summed E-state index contributed by atoms with van der Waals surface area (Å²) in [4.78, 5) is -0.139. The second kappa shape index (κ2) is 9.19. The molecule has 0 radical (unpaired) electrons. The molecule has 2 aromatic carbocycles. The van der Waals surface area contributed by atoms with Crippen LogP contribution in [-0.4, -0.2) is 16.6 Å². The van der Waals surface area contributed by atoms with E-state index < -0.39 is 10.0 Å². The summed E-state index contributed by atoms with van der Waals surface area (Å²) in [6, 6.07) is 19.0. The van der Waals surface area contributed by atoms with Crippen molar-refractivity contribution in [3.8, 4) is 0 Å². The molecule has 0 aliphatic heterocycles. The van der Waals surface area contributed by atoms with Crippen molar-refractivity contribution in [2.45, 2.75) is 20.0 Å². The van der Waals surface area contributed by atoms with Crippen LogP contribution in [0.3, 0.4) is 0 Å². The molecule has 5 heteroatoms. The zero-order valence-electron chi connectivity index (χ0n) is 14.0. The van der Waals surface area contributed by atoms with Crippen molar-refractivity contribution >= 4 is 13.9 Å². The number of nitrogens with zero attached hydrogens (tertiary/aromatic N) is 1. The van der Waals surface area contributed by atoms with E-state index in [1.807, 2.05) is 67.6 Å². The molecule has 0 bridgehead atoms. The van der Waals surface area contributed by atoms with Gasteiger partial charge in [-0.2, -0.15) is 0 Å². The zero-order valence-corrected chi connectivity index (χ0v) is 17.7. The fraction of sp³-hybridized carbons (Fsp3) is 0.150. The van der Waals surface area contributed by atoms with Crippen LogP contribution in [0.1, 0.15) is 18.1 Å². The number of benzene rings is 2. The second-order valence-corrected chi connectivity index (χ2v) is 9.84. The molecule has 0 fully saturated rings. The van der Waals surface area contributed by atoms with E-state index in [-0.39, 0.29) is 18.0 Å². The van der Waals surface area contributed by atoms with Crippen molar-refractivity contribution in [1.82, 2.24) is 4.31 Å². The molecule has 3 nitrogen and oxygen atoms in total. The minimum atomic E-state index is -3.76. The van der Waals surface area contributed by atoms with E-state index in [1.165, 1.54) is 29.7 Å². The van der Waals surface area contributed by atoms with Crippen molar-refractivity contribution in [1.29, 1.82) is 0 Å². The molecule has 0 N–H and O–H groups in total. The van der Waals surface area contributed by atoms with Gasteiger partial charge in [0.05, 0.1) is 0 Å². The van der Waals surface area contributed by atoms with E-state index in [9.17, 15) is 8.42 Å². The maximum atomic E-state index is 13.0. The van der Waals surface area contributed by atoms with E-state index in [2.05, 4.69) is 0 Å². The molecule has 0 heterocycles. The van der Waals surface area contributed by atoms with Gasteiger partial charge in [-0.3, -0.25) is 0 Å². The molecule has 0 saturated carbocycles. The number of sulfonamides is 1. The Morgan fingerprint density at radius 1 is 0.960 bits per heavy atom. The summed E-state index contributed by atoms with van der Waals surface area (Å²) in [6.45, 7) is 8.37. The Bertz CT molecular complexity index is 818. The number of rotatable bonds is 8. The predicted molar refractivity (Wildman–Crippen MR) is 98.7 cm³/mol. The molecule has 0 spiro atoms. The van der Waals surface area contributed by atoms with E-state index in [0.717, 1.165) is 15.0 Å². The summed E-state index contributed by atoms with van der Waals surface area (Å²) in [5.41, 5.74) is 1.84. The van der Waals surface area contributed by atoms with Gasteiger partial charge < -0.3 is 0 Å². The van der Waals surface area contributed by atoms with E-state index in [4.69, 9.17) is 6.58 Å². The third-order valence-electron chi connectivity index (χ3n) is 3.52. The third-order valence-corrected chi connectivity index (χ3v) is 5.68. The molecule has 0 atom stereocenters. The Kier molecular flexibility index (Phi) is 7.24. The first-order chi connectivity index (χ1) is 11.9. The first kappa shape index (κ1) is 19.7. The van der Waals surface area contributed by atoms with Crippen LogP contribution in [0.25, 0.3) is 0 Å². The van der Waals surface area contributed by atoms with Crippen molar-refractivity contribution in [3.05, 3.63) is 95.4 Å². The van der Waals surface area contributed by atoms with Crippen LogP contribution in [0.15, 0.2) is 77.7 Å². The summed E-state index contributed by atoms with van der Waals surface area (Å²) in [7, 11) is -3.76. The van der Waals surface area contributed by atoms with Crippen LogP contribution < -0.4 is 0 Å². The van der Waals surface area contributed by atoms with Crippen molar-refractivity contribution in [3.63, 3.8) is 0 Å². The zero-order chi connectivity index (χ0) is 18.3. The molecule has 130 valence electrons. The molecular weight excluding hydrogens is 502 g/mol.